The van der Waals surface area contributed by atoms with Crippen molar-refractivity contribution >= 4 is 11.0 Å². The Hall–Kier alpha value is -2.59. The molecule has 0 N–H and O–H groups in total. The van der Waals surface area contributed by atoms with Gasteiger partial charge < -0.3 is 0 Å². The third kappa shape index (κ3) is 2.48. The lowest BCUT2D eigenvalue weighted by Gasteiger charge is -1.91. The van der Waals surface area contributed by atoms with Crippen LogP contribution in [0.25, 0.3) is 11.0 Å². The normalized spacial score (nSPS) is 9.95. The molecule has 1 nitrogen and oxygen atoms in total. The average molecular weight is 245 g/mol. The first-order chi connectivity index (χ1) is 9.33. The third-order valence-electron chi connectivity index (χ3n) is 2.96. The van der Waals surface area contributed by atoms with Crippen LogP contribution in [-0.2, 0) is 0 Å². The molecule has 0 aliphatic heterocycles. The highest BCUT2D eigenvalue weighted by Crippen LogP contribution is 2.18. The summed E-state index contributed by atoms with van der Waals surface area (Å²) in [5.41, 5.74) is 2.91. The van der Waals surface area contributed by atoms with Gasteiger partial charge in [0.05, 0.1) is 10.9 Å². The van der Waals surface area contributed by atoms with Crippen LogP contribution in [-0.4, -0.2) is 0 Å². The van der Waals surface area contributed by atoms with E-state index in [-0.39, 0.29) is 0 Å². The maximum Gasteiger partial charge on any atom is 0.407 e. The zero-order valence-electron chi connectivity index (χ0n) is 10.7. The van der Waals surface area contributed by atoms with Gasteiger partial charge >= 0.3 is 11.3 Å². The van der Waals surface area contributed by atoms with E-state index in [0.29, 0.717) is 0 Å². The van der Waals surface area contributed by atoms with Crippen LogP contribution >= 0.6 is 0 Å². The number of hydrogen-bond donors (Lipinski definition) is 0. The lowest BCUT2D eigenvalue weighted by atomic mass is 10.1. The van der Waals surface area contributed by atoms with Gasteiger partial charge in [0.15, 0.2) is 0 Å². The smallest absolute Gasteiger partial charge is 0.198 e. The minimum absolute atomic E-state index is 0.725. The van der Waals surface area contributed by atoms with Gasteiger partial charge in [-0.2, -0.15) is 4.42 Å². The number of aryl methyl sites for hydroxylation is 1. The van der Waals surface area contributed by atoms with E-state index in [1.54, 1.807) is 0 Å². The molecular weight excluding hydrogens is 232 g/mol. The summed E-state index contributed by atoms with van der Waals surface area (Å²) in [6.45, 7) is 2.02. The Kier molecular flexibility index (Phi) is 3.00. The van der Waals surface area contributed by atoms with E-state index in [9.17, 15) is 0 Å². The predicted molar refractivity (Wildman–Crippen MR) is 77.8 cm³/mol. The molecule has 90 valence electrons. The van der Waals surface area contributed by atoms with Gasteiger partial charge in [0, 0.05) is 17.6 Å². The van der Waals surface area contributed by atoms with Crippen molar-refractivity contribution in [2.75, 3.05) is 0 Å². The first-order valence-electron chi connectivity index (χ1n) is 6.22. The minimum atomic E-state index is 0.725. The first-order valence-corrected chi connectivity index (χ1v) is 6.22. The van der Waals surface area contributed by atoms with Gasteiger partial charge in [0.2, 0.25) is 0 Å². The molecule has 0 saturated heterocycles. The van der Waals surface area contributed by atoms with Gasteiger partial charge in [-0.1, -0.05) is 36.3 Å². The molecule has 1 heteroatoms. The van der Waals surface area contributed by atoms with Gasteiger partial charge in [-0.05, 0) is 31.2 Å². The number of hydrogen-bond acceptors (Lipinski definition) is 0. The SMILES string of the molecule is Cc1cc2ccccc2[o+]c1C#Cc1ccccc1. The van der Waals surface area contributed by atoms with Crippen LogP contribution in [0.2, 0.25) is 0 Å². The molecule has 0 aliphatic rings. The molecule has 0 bridgehead atoms. The van der Waals surface area contributed by atoms with E-state index >= 15 is 0 Å². The van der Waals surface area contributed by atoms with E-state index in [2.05, 4.69) is 17.9 Å². The highest BCUT2D eigenvalue weighted by Gasteiger charge is 2.13. The number of fused-ring (bicyclic) bond motifs is 1. The molecule has 3 aromatic rings. The van der Waals surface area contributed by atoms with E-state index in [4.69, 9.17) is 4.42 Å². The maximum atomic E-state index is 5.84. The van der Waals surface area contributed by atoms with Crippen molar-refractivity contribution < 1.29 is 4.42 Å². The Balaban J connectivity index is 2.06. The Morgan fingerprint density at radius 3 is 2.42 bits per heavy atom. The van der Waals surface area contributed by atoms with Crippen LogP contribution in [0.1, 0.15) is 16.9 Å². The summed E-state index contributed by atoms with van der Waals surface area (Å²) in [7, 11) is 0. The van der Waals surface area contributed by atoms with Gasteiger partial charge in [-0.25, -0.2) is 0 Å². The summed E-state index contributed by atoms with van der Waals surface area (Å²) >= 11 is 0. The summed E-state index contributed by atoms with van der Waals surface area (Å²) in [5, 5.41) is 1.10. The molecular formula is C18H13O+. The second-order valence-corrected chi connectivity index (χ2v) is 4.41. The number of para-hydroxylation sites is 1. The molecule has 0 aliphatic carbocycles. The predicted octanol–water partition coefficient (Wildman–Crippen LogP) is 4.42. The molecule has 0 saturated carbocycles. The van der Waals surface area contributed by atoms with Gasteiger partial charge in [-0.3, -0.25) is 0 Å². The fraction of sp³-hybridized carbons (Fsp3) is 0.0556. The third-order valence-corrected chi connectivity index (χ3v) is 2.96. The van der Waals surface area contributed by atoms with E-state index < -0.39 is 0 Å². The Bertz CT molecular complexity index is 777. The van der Waals surface area contributed by atoms with Crippen molar-refractivity contribution in [2.45, 2.75) is 6.92 Å². The molecule has 19 heavy (non-hydrogen) atoms. The average Bonchev–Trinajstić information content (AvgIpc) is 2.46. The first kappa shape index (κ1) is 11.5. The van der Waals surface area contributed by atoms with Crippen LogP contribution in [0.5, 0.6) is 0 Å². The zero-order chi connectivity index (χ0) is 13.1. The summed E-state index contributed by atoms with van der Waals surface area (Å²) < 4.78 is 5.84. The maximum absolute atomic E-state index is 5.84. The summed E-state index contributed by atoms with van der Waals surface area (Å²) in [4.78, 5) is 0. The zero-order valence-corrected chi connectivity index (χ0v) is 10.7. The topological polar surface area (TPSA) is 11.3 Å². The fourth-order valence-electron chi connectivity index (χ4n) is 1.96. The largest absolute Gasteiger partial charge is 0.407 e. The van der Waals surface area contributed by atoms with E-state index in [1.807, 2.05) is 61.5 Å². The molecule has 0 amide bonds. The lowest BCUT2D eigenvalue weighted by Crippen LogP contribution is -1.83. The standard InChI is InChI=1S/C18H13O/c1-14-13-16-9-5-6-10-18(16)19-17(14)12-11-15-7-3-2-4-8-15/h2-10,13H,1H3/q+1. The molecule has 0 fully saturated rings. The molecule has 2 aromatic carbocycles. The van der Waals surface area contributed by atoms with Crippen LogP contribution in [0.3, 0.4) is 0 Å². The molecule has 0 radical (unpaired) electrons. The molecule has 1 heterocycles. The van der Waals surface area contributed by atoms with Crippen molar-refractivity contribution in [1.82, 2.24) is 0 Å². The van der Waals surface area contributed by atoms with E-state index in [1.165, 1.54) is 0 Å². The van der Waals surface area contributed by atoms with Crippen molar-refractivity contribution in [2.24, 2.45) is 0 Å². The summed E-state index contributed by atoms with van der Waals surface area (Å²) in [5.74, 6) is 6.95. The number of benzene rings is 2. The van der Waals surface area contributed by atoms with Crippen molar-refractivity contribution in [3.05, 3.63) is 77.6 Å². The summed E-state index contributed by atoms with van der Waals surface area (Å²) in [6, 6.07) is 20.0. The molecule has 0 spiro atoms. The highest BCUT2D eigenvalue weighted by atomic mass is 16.3. The lowest BCUT2D eigenvalue weighted by molar-refractivity contribution is 0.584. The van der Waals surface area contributed by atoms with E-state index in [0.717, 1.165) is 27.9 Å². The monoisotopic (exact) mass is 245 g/mol. The minimum Gasteiger partial charge on any atom is -0.198 e. The van der Waals surface area contributed by atoms with Gasteiger partial charge in [-0.15, -0.1) is 0 Å². The second-order valence-electron chi connectivity index (χ2n) is 4.41. The summed E-state index contributed by atoms with van der Waals surface area (Å²) in [6.07, 6.45) is 0. The Morgan fingerprint density at radius 2 is 1.58 bits per heavy atom. The Morgan fingerprint density at radius 1 is 0.842 bits per heavy atom. The van der Waals surface area contributed by atoms with Crippen LogP contribution in [0.15, 0.2) is 65.1 Å². The highest BCUT2D eigenvalue weighted by molar-refractivity contribution is 5.77. The molecule has 1 aromatic heterocycles. The van der Waals surface area contributed by atoms with Crippen LogP contribution in [0, 0.1) is 18.8 Å². The van der Waals surface area contributed by atoms with Crippen molar-refractivity contribution in [3.63, 3.8) is 0 Å². The number of rotatable bonds is 0. The van der Waals surface area contributed by atoms with Gasteiger partial charge in [0.1, 0.15) is 0 Å². The molecule has 0 unspecified atom stereocenters. The van der Waals surface area contributed by atoms with Crippen molar-refractivity contribution in [1.29, 1.82) is 0 Å². The quantitative estimate of drug-likeness (QED) is 0.421. The van der Waals surface area contributed by atoms with Crippen molar-refractivity contribution in [3.8, 4) is 11.8 Å². The Labute approximate surface area is 112 Å². The van der Waals surface area contributed by atoms with Gasteiger partial charge in [0.25, 0.3) is 0 Å². The van der Waals surface area contributed by atoms with Crippen LogP contribution < -0.4 is 0 Å². The fourth-order valence-corrected chi connectivity index (χ4v) is 1.96. The van der Waals surface area contributed by atoms with Crippen LogP contribution in [0.4, 0.5) is 0 Å². The second kappa shape index (κ2) is 4.96. The molecule has 3 rings (SSSR count). The molecule has 0 atom stereocenters.